The number of hydrogen-bond donors (Lipinski definition) is 4. The Balaban J connectivity index is 1.65. The summed E-state index contributed by atoms with van der Waals surface area (Å²) in [5.74, 6) is -2.99. The van der Waals surface area contributed by atoms with Crippen LogP contribution >= 0.6 is 0 Å². The first-order valence-corrected chi connectivity index (χ1v) is 12.0. The summed E-state index contributed by atoms with van der Waals surface area (Å²) in [5.41, 5.74) is 1.77. The molecule has 8 heteroatoms. The molecule has 0 saturated heterocycles. The Bertz CT molecular complexity index is 1170. The van der Waals surface area contributed by atoms with Crippen molar-refractivity contribution in [1.29, 1.82) is 0 Å². The Morgan fingerprint density at radius 1 is 1.31 bits per heavy atom. The molecule has 7 nitrogen and oxygen atoms in total. The Kier molecular flexibility index (Phi) is 5.16. The fourth-order valence-corrected chi connectivity index (χ4v) is 7.52. The van der Waals surface area contributed by atoms with Crippen molar-refractivity contribution in [2.75, 3.05) is 12.3 Å². The number of anilines is 1. The van der Waals surface area contributed by atoms with E-state index >= 15 is 0 Å². The third-order valence-electron chi connectivity index (χ3n) is 9.37. The van der Waals surface area contributed by atoms with Crippen LogP contribution in [0, 0.1) is 40.3 Å². The Morgan fingerprint density at radius 3 is 2.63 bits per heavy atom. The second kappa shape index (κ2) is 7.48. The Hall–Kier alpha value is -2.55. The van der Waals surface area contributed by atoms with E-state index in [1.54, 1.807) is 19.1 Å². The van der Waals surface area contributed by atoms with Crippen LogP contribution in [0.5, 0.6) is 0 Å². The molecule has 0 aromatic heterocycles. The van der Waals surface area contributed by atoms with Gasteiger partial charge in [0.15, 0.2) is 17.5 Å². The van der Waals surface area contributed by atoms with E-state index in [9.17, 15) is 29.3 Å². The number of carbonyl (C=O) groups is 2. The average Bonchev–Trinajstić information content (AvgIpc) is 3.27. The first-order chi connectivity index (χ1) is 16.3. The van der Waals surface area contributed by atoms with Crippen LogP contribution in [0.3, 0.4) is 0 Å². The molecule has 8 atom stereocenters. The number of allylic oxidation sites excluding steroid dienone is 1. The molecular weight excluding hydrogens is 453 g/mol. The van der Waals surface area contributed by atoms with Crippen LogP contribution in [0.4, 0.5) is 10.1 Å². The van der Waals surface area contributed by atoms with Gasteiger partial charge < -0.3 is 25.8 Å². The maximum Gasteiger partial charge on any atom is 0.343 e. The molecule has 188 valence electrons. The molecule has 35 heavy (non-hydrogen) atoms. The number of nitrogen functional groups attached to an aromatic ring is 1. The third kappa shape index (κ3) is 2.87. The van der Waals surface area contributed by atoms with Crippen LogP contribution in [0.25, 0.3) is 0 Å². The van der Waals surface area contributed by atoms with Crippen LogP contribution in [-0.4, -0.2) is 51.5 Å². The number of benzene rings is 1. The van der Waals surface area contributed by atoms with Gasteiger partial charge in [-0.2, -0.15) is 0 Å². The highest BCUT2D eigenvalue weighted by Crippen LogP contribution is 2.71. The molecule has 0 heterocycles. The van der Waals surface area contributed by atoms with Crippen molar-refractivity contribution in [1.82, 2.24) is 0 Å². The van der Waals surface area contributed by atoms with E-state index in [2.05, 4.69) is 13.8 Å². The Labute approximate surface area is 203 Å². The van der Waals surface area contributed by atoms with Crippen LogP contribution in [0.2, 0.25) is 0 Å². The van der Waals surface area contributed by atoms with Crippen molar-refractivity contribution >= 4 is 17.4 Å². The fraction of sp³-hybridized carbons (Fsp3) is 0.556. The summed E-state index contributed by atoms with van der Waals surface area (Å²) < 4.78 is 20.1. The minimum absolute atomic E-state index is 0.0152. The summed E-state index contributed by atoms with van der Waals surface area (Å²) >= 11 is 0. The van der Waals surface area contributed by atoms with Gasteiger partial charge in [0.25, 0.3) is 0 Å². The zero-order chi connectivity index (χ0) is 25.7. The smallest absolute Gasteiger partial charge is 0.343 e. The van der Waals surface area contributed by atoms with Gasteiger partial charge in [-0.3, -0.25) is 4.79 Å². The van der Waals surface area contributed by atoms with Gasteiger partial charge in [0.2, 0.25) is 0 Å². The van der Waals surface area contributed by atoms with E-state index in [4.69, 9.17) is 10.5 Å². The largest absolute Gasteiger partial charge is 0.451 e. The molecule has 0 amide bonds. The highest BCUT2D eigenvalue weighted by atomic mass is 19.1. The second-order valence-corrected chi connectivity index (χ2v) is 11.4. The number of aliphatic hydroxyl groups excluding tert-OH is 2. The summed E-state index contributed by atoms with van der Waals surface area (Å²) in [6.45, 7) is 7.13. The minimum Gasteiger partial charge on any atom is -0.451 e. The van der Waals surface area contributed by atoms with Crippen molar-refractivity contribution in [3.63, 3.8) is 0 Å². The van der Waals surface area contributed by atoms with Gasteiger partial charge >= 0.3 is 5.97 Å². The molecule has 1 spiro atoms. The van der Waals surface area contributed by atoms with Gasteiger partial charge in [0.1, 0.15) is 17.5 Å². The van der Waals surface area contributed by atoms with Gasteiger partial charge in [0, 0.05) is 11.6 Å². The number of nitrogens with two attached hydrogens (primary N) is 1. The predicted octanol–water partition coefficient (Wildman–Crippen LogP) is 2.40. The zero-order valence-electron chi connectivity index (χ0n) is 20.3. The van der Waals surface area contributed by atoms with Crippen molar-refractivity contribution in [2.45, 2.75) is 51.9 Å². The van der Waals surface area contributed by atoms with Crippen LogP contribution in [0.1, 0.15) is 44.5 Å². The topological polar surface area (TPSA) is 130 Å². The molecule has 0 aliphatic heterocycles. The molecule has 1 unspecified atom stereocenters. The highest BCUT2D eigenvalue weighted by molar-refractivity contribution is 5.97. The first-order valence-electron chi connectivity index (χ1n) is 12.0. The maximum atomic E-state index is 14.5. The predicted molar refractivity (Wildman–Crippen MR) is 125 cm³/mol. The number of rotatable bonds is 3. The third-order valence-corrected chi connectivity index (χ3v) is 9.37. The number of halogens is 1. The van der Waals surface area contributed by atoms with E-state index in [0.29, 0.717) is 12.0 Å². The maximum absolute atomic E-state index is 14.5. The lowest BCUT2D eigenvalue weighted by molar-refractivity contribution is -0.190. The van der Waals surface area contributed by atoms with Crippen molar-refractivity contribution < 1.29 is 34.0 Å². The van der Waals surface area contributed by atoms with Gasteiger partial charge in [-0.1, -0.05) is 39.0 Å². The molecule has 5 rings (SSSR count). The second-order valence-electron chi connectivity index (χ2n) is 11.4. The first kappa shape index (κ1) is 24.2. The average molecular weight is 486 g/mol. The van der Waals surface area contributed by atoms with Gasteiger partial charge in [0.05, 0.1) is 12.0 Å². The van der Waals surface area contributed by atoms with E-state index in [-0.39, 0.29) is 34.3 Å². The number of ketones is 1. The normalized spacial score (nSPS) is 41.1. The molecule has 4 aliphatic carbocycles. The van der Waals surface area contributed by atoms with E-state index in [1.807, 2.05) is 6.92 Å². The minimum atomic E-state index is -2.28. The van der Waals surface area contributed by atoms with E-state index < -0.39 is 59.0 Å². The summed E-state index contributed by atoms with van der Waals surface area (Å²) in [6.07, 6.45) is 0.734. The summed E-state index contributed by atoms with van der Waals surface area (Å²) in [7, 11) is 0. The molecule has 5 N–H and O–H groups in total. The molecular formula is C27H32FNO6. The molecule has 1 aromatic carbocycles. The van der Waals surface area contributed by atoms with Crippen molar-refractivity contribution in [3.05, 3.63) is 52.9 Å². The number of Topliss-reactive ketones (excluding diaryl/α,β-unsaturated/α-hetero) is 1. The van der Waals surface area contributed by atoms with Crippen LogP contribution in [0.15, 0.2) is 41.5 Å². The molecule has 1 aromatic rings. The van der Waals surface area contributed by atoms with Crippen molar-refractivity contribution in [2.24, 2.45) is 34.5 Å². The summed E-state index contributed by atoms with van der Waals surface area (Å²) in [5, 5.41) is 34.0. The van der Waals surface area contributed by atoms with Crippen molar-refractivity contribution in [3.8, 4) is 0 Å². The van der Waals surface area contributed by atoms with Gasteiger partial charge in [-0.05, 0) is 59.8 Å². The number of carbonyl (C=O) groups excluding carboxylic acids is 2. The molecule has 4 aliphatic rings. The quantitative estimate of drug-likeness (QED) is 0.294. The SMILES string of the molecule is CC1=C[C@]23C(=O)C(C=C(CO)[C@@H](O)[C@]2(O)[C@H]1OC(=O)c1c(N)cccc1F)[C@H]1[C@@H](C[C@H]3C)C1(C)C. The van der Waals surface area contributed by atoms with Crippen LogP contribution in [-0.2, 0) is 9.53 Å². The van der Waals surface area contributed by atoms with Gasteiger partial charge in [-0.25, -0.2) is 9.18 Å². The standard InChI is InChI=1S/C27H32FNO6/c1-12-10-26-13(2)8-16-20(25(16,3)4)15(22(26)32)9-14(11-30)21(31)27(26,34)23(12)35-24(33)19-17(28)6-5-7-18(19)29/h5-7,9-10,13,15-16,20-21,23,30-31,34H,8,11,29H2,1-4H3/t13-,15?,16-,20+,21-,23+,26+,27+/m1/s1. The Morgan fingerprint density at radius 2 is 2.00 bits per heavy atom. The molecule has 0 radical (unpaired) electrons. The monoisotopic (exact) mass is 485 g/mol. The van der Waals surface area contributed by atoms with E-state index in [0.717, 1.165) is 6.07 Å². The molecule has 2 fully saturated rings. The summed E-state index contributed by atoms with van der Waals surface area (Å²) in [6, 6.07) is 3.79. The molecule has 2 saturated carbocycles. The lowest BCUT2D eigenvalue weighted by Gasteiger charge is -2.48. The highest BCUT2D eigenvalue weighted by Gasteiger charge is 2.76. The number of hydrogen-bond acceptors (Lipinski definition) is 7. The number of esters is 1. The number of ether oxygens (including phenoxy) is 1. The lowest BCUT2D eigenvalue weighted by atomic mass is 9.59. The zero-order valence-corrected chi connectivity index (χ0v) is 20.3. The summed E-state index contributed by atoms with van der Waals surface area (Å²) in [4.78, 5) is 27.4. The number of aliphatic hydroxyl groups is 3. The van der Waals surface area contributed by atoms with Gasteiger partial charge in [-0.15, -0.1) is 0 Å². The van der Waals surface area contributed by atoms with E-state index in [1.165, 1.54) is 12.1 Å². The fourth-order valence-electron chi connectivity index (χ4n) is 7.52. The van der Waals surface area contributed by atoms with Crippen LogP contribution < -0.4 is 5.73 Å². The lowest BCUT2D eigenvalue weighted by Crippen LogP contribution is -2.65. The molecule has 2 bridgehead atoms. The number of fused-ring (bicyclic) bond motifs is 3.